The highest BCUT2D eigenvalue weighted by atomic mass is 16.5. The van der Waals surface area contributed by atoms with Crippen molar-refractivity contribution in [3.8, 4) is 5.75 Å². The van der Waals surface area contributed by atoms with Gasteiger partial charge in [-0.3, -0.25) is 14.6 Å². The number of hydrogen-bond donors (Lipinski definition) is 0. The zero-order chi connectivity index (χ0) is 25.8. The summed E-state index contributed by atoms with van der Waals surface area (Å²) in [5, 5.41) is 0. The molecule has 3 heterocycles. The first-order valence-electron chi connectivity index (χ1n) is 13.2. The van der Waals surface area contributed by atoms with Gasteiger partial charge in [0.15, 0.2) is 0 Å². The van der Waals surface area contributed by atoms with Crippen LogP contribution in [0.25, 0.3) is 0 Å². The zero-order valence-corrected chi connectivity index (χ0v) is 22.2. The van der Waals surface area contributed by atoms with Crippen LogP contribution in [-0.2, 0) is 20.0 Å². The number of fused-ring (bicyclic) bond motifs is 1. The Morgan fingerprint density at radius 2 is 1.78 bits per heavy atom. The lowest BCUT2D eigenvalue weighted by molar-refractivity contribution is 0.204. The molecule has 0 radical (unpaired) electrons. The second-order valence-corrected chi connectivity index (χ2v) is 10.7. The van der Waals surface area contributed by atoms with Gasteiger partial charge in [-0.25, -0.2) is 0 Å². The Labute approximate surface area is 214 Å². The van der Waals surface area contributed by atoms with Gasteiger partial charge in [-0.05, 0) is 60.6 Å². The van der Waals surface area contributed by atoms with E-state index in [1.807, 2.05) is 22.9 Å². The Bertz CT molecular complexity index is 1310. The van der Waals surface area contributed by atoms with E-state index >= 15 is 0 Å². The van der Waals surface area contributed by atoms with Crippen molar-refractivity contribution in [3.63, 3.8) is 0 Å². The van der Waals surface area contributed by atoms with E-state index in [0.717, 1.165) is 43.5 Å². The molecule has 192 valence electrons. The summed E-state index contributed by atoms with van der Waals surface area (Å²) in [6.45, 7) is 9.84. The zero-order valence-electron chi connectivity index (χ0n) is 22.2. The molecule has 0 N–H and O–H groups in total. The van der Waals surface area contributed by atoms with E-state index < -0.39 is 0 Å². The highest BCUT2D eigenvalue weighted by Crippen LogP contribution is 2.38. The fourth-order valence-corrected chi connectivity index (χ4v) is 5.41. The molecule has 1 aliphatic rings. The molecule has 0 aliphatic carbocycles. The molecule has 2 aromatic heterocycles. The average Bonchev–Trinajstić information content (AvgIpc) is 2.85. The van der Waals surface area contributed by atoms with Crippen molar-refractivity contribution in [2.45, 2.75) is 77.7 Å². The van der Waals surface area contributed by atoms with Gasteiger partial charge in [0, 0.05) is 43.7 Å². The van der Waals surface area contributed by atoms with Crippen LogP contribution in [0, 0.1) is 5.92 Å². The number of pyridine rings is 1. The molecule has 3 atom stereocenters. The number of para-hydroxylation sites is 1. The molecular weight excluding hydrogens is 450 g/mol. The van der Waals surface area contributed by atoms with Crippen molar-refractivity contribution < 1.29 is 4.74 Å². The Morgan fingerprint density at radius 3 is 2.56 bits per heavy atom. The molecule has 6 nitrogen and oxygen atoms in total. The van der Waals surface area contributed by atoms with Crippen LogP contribution in [0.15, 0.2) is 58.5 Å². The van der Waals surface area contributed by atoms with Crippen LogP contribution in [0.5, 0.6) is 5.75 Å². The lowest BCUT2D eigenvalue weighted by Crippen LogP contribution is -2.27. The number of nitrogens with zero attached hydrogens (tertiary/aromatic N) is 3. The largest absolute Gasteiger partial charge is 0.493 e. The van der Waals surface area contributed by atoms with E-state index in [1.165, 1.54) is 11.1 Å². The summed E-state index contributed by atoms with van der Waals surface area (Å²) in [6, 6.07) is 10.4. The van der Waals surface area contributed by atoms with E-state index in [9.17, 15) is 9.59 Å². The van der Waals surface area contributed by atoms with Crippen LogP contribution in [0.3, 0.4) is 0 Å². The van der Waals surface area contributed by atoms with Gasteiger partial charge in [-0.15, -0.1) is 0 Å². The molecule has 36 heavy (non-hydrogen) atoms. The van der Waals surface area contributed by atoms with Crippen LogP contribution in [0.2, 0.25) is 0 Å². The number of rotatable bonds is 9. The molecule has 0 amide bonds. The van der Waals surface area contributed by atoms with E-state index in [0.29, 0.717) is 24.1 Å². The van der Waals surface area contributed by atoms with Crippen molar-refractivity contribution in [1.29, 1.82) is 0 Å². The maximum Gasteiger partial charge on any atom is 0.272 e. The fourth-order valence-electron chi connectivity index (χ4n) is 5.41. The quantitative estimate of drug-likeness (QED) is 0.404. The van der Waals surface area contributed by atoms with Crippen LogP contribution < -0.4 is 15.9 Å². The molecule has 3 aromatic rings. The monoisotopic (exact) mass is 489 g/mol. The third-order valence-electron chi connectivity index (χ3n) is 7.53. The predicted octanol–water partition coefficient (Wildman–Crippen LogP) is 5.39. The molecule has 0 saturated carbocycles. The van der Waals surface area contributed by atoms with Crippen molar-refractivity contribution in [2.75, 3.05) is 6.61 Å². The maximum absolute atomic E-state index is 12.7. The van der Waals surface area contributed by atoms with Crippen molar-refractivity contribution in [3.05, 3.63) is 92.0 Å². The summed E-state index contributed by atoms with van der Waals surface area (Å²) in [6.07, 6.45) is 9.04. The summed E-state index contributed by atoms with van der Waals surface area (Å²) in [5.41, 5.74) is 4.12. The molecule has 3 unspecified atom stereocenters. The van der Waals surface area contributed by atoms with Crippen LogP contribution >= 0.6 is 0 Å². The standard InChI is InChI=1S/C30H39N3O3/c1-20(2)25-12-8-15-33(29(25)34)14-7-9-21(3)26-11-6-10-24-18-23(19-36-28(24)26)17-22(4)27-30(35)32(5)16-13-31-27/h6,8,10-13,15-16,20-23H,7,9,14,17-19H2,1-5H3. The number of ether oxygens (including phenoxy) is 1. The smallest absolute Gasteiger partial charge is 0.272 e. The maximum atomic E-state index is 12.7. The number of aryl methyl sites for hydroxylation is 2. The lowest BCUT2D eigenvalue weighted by Gasteiger charge is -2.30. The first kappa shape index (κ1) is 25.9. The minimum Gasteiger partial charge on any atom is -0.493 e. The van der Waals surface area contributed by atoms with Gasteiger partial charge in [0.1, 0.15) is 11.4 Å². The molecule has 1 aliphatic heterocycles. The summed E-state index contributed by atoms with van der Waals surface area (Å²) >= 11 is 0. The number of aromatic nitrogens is 3. The summed E-state index contributed by atoms with van der Waals surface area (Å²) in [7, 11) is 1.77. The Kier molecular flexibility index (Phi) is 8.12. The van der Waals surface area contributed by atoms with Crippen LogP contribution in [0.1, 0.15) is 87.1 Å². The second-order valence-electron chi connectivity index (χ2n) is 10.7. The third kappa shape index (κ3) is 5.63. The normalized spacial score (nSPS) is 16.9. The van der Waals surface area contributed by atoms with E-state index in [2.05, 4.69) is 50.9 Å². The Hall–Kier alpha value is -3.15. The summed E-state index contributed by atoms with van der Waals surface area (Å²) in [5.74, 6) is 2.04. The topological polar surface area (TPSA) is 66.1 Å². The minimum absolute atomic E-state index is 0.0172. The predicted molar refractivity (Wildman–Crippen MR) is 144 cm³/mol. The van der Waals surface area contributed by atoms with E-state index in [4.69, 9.17) is 4.74 Å². The minimum atomic E-state index is -0.0172. The molecule has 0 spiro atoms. The SMILES string of the molecule is CC(C)c1cccn(CCCC(C)c2cccc3c2OCC(CC(C)c2nccn(C)c2=O)C3)c1=O. The average molecular weight is 490 g/mol. The highest BCUT2D eigenvalue weighted by molar-refractivity contribution is 5.45. The highest BCUT2D eigenvalue weighted by Gasteiger charge is 2.26. The van der Waals surface area contributed by atoms with Gasteiger partial charge >= 0.3 is 0 Å². The number of benzene rings is 1. The Balaban J connectivity index is 1.39. The summed E-state index contributed by atoms with van der Waals surface area (Å²) < 4.78 is 9.79. The van der Waals surface area contributed by atoms with Crippen LogP contribution in [0.4, 0.5) is 0 Å². The summed E-state index contributed by atoms with van der Waals surface area (Å²) in [4.78, 5) is 29.5. The second kappa shape index (κ2) is 11.3. The van der Waals surface area contributed by atoms with Crippen molar-refractivity contribution >= 4 is 0 Å². The molecule has 0 fully saturated rings. The van der Waals surface area contributed by atoms with E-state index in [1.54, 1.807) is 24.0 Å². The van der Waals surface area contributed by atoms with Crippen LogP contribution in [-0.4, -0.2) is 20.7 Å². The third-order valence-corrected chi connectivity index (χ3v) is 7.53. The van der Waals surface area contributed by atoms with Gasteiger partial charge in [0.25, 0.3) is 11.1 Å². The van der Waals surface area contributed by atoms with Gasteiger partial charge in [-0.2, -0.15) is 0 Å². The van der Waals surface area contributed by atoms with Gasteiger partial charge in [0.2, 0.25) is 0 Å². The lowest BCUT2D eigenvalue weighted by atomic mass is 9.85. The van der Waals surface area contributed by atoms with Crippen molar-refractivity contribution in [1.82, 2.24) is 14.1 Å². The Morgan fingerprint density at radius 1 is 1.00 bits per heavy atom. The first-order valence-corrected chi connectivity index (χ1v) is 13.2. The molecule has 6 heteroatoms. The van der Waals surface area contributed by atoms with Crippen molar-refractivity contribution in [2.24, 2.45) is 13.0 Å². The molecule has 0 saturated heterocycles. The first-order chi connectivity index (χ1) is 17.3. The van der Waals surface area contributed by atoms with Gasteiger partial charge in [0.05, 0.1) is 6.61 Å². The molecule has 4 rings (SSSR count). The molecular formula is C30H39N3O3. The molecule has 1 aromatic carbocycles. The van der Waals surface area contributed by atoms with Gasteiger partial charge in [-0.1, -0.05) is 52.0 Å². The van der Waals surface area contributed by atoms with E-state index in [-0.39, 0.29) is 23.0 Å². The number of hydrogen-bond acceptors (Lipinski definition) is 4. The molecule has 0 bridgehead atoms. The fraction of sp³-hybridized carbons (Fsp3) is 0.500. The van der Waals surface area contributed by atoms with Gasteiger partial charge < -0.3 is 13.9 Å².